The predicted molar refractivity (Wildman–Crippen MR) is 122 cm³/mol. The maximum absolute atomic E-state index is 12.6. The molecule has 1 atom stereocenters. The molecular formula is C23H25ClN4O3. The monoisotopic (exact) mass is 440 g/mol. The van der Waals surface area contributed by atoms with E-state index >= 15 is 0 Å². The number of carbonyl (C=O) groups is 2. The van der Waals surface area contributed by atoms with Crippen LogP contribution in [0.15, 0.2) is 42.5 Å². The highest BCUT2D eigenvalue weighted by Gasteiger charge is 2.19. The summed E-state index contributed by atoms with van der Waals surface area (Å²) < 4.78 is 6.94. The van der Waals surface area contributed by atoms with Crippen LogP contribution in [0, 0.1) is 20.8 Å². The number of rotatable bonds is 6. The third kappa shape index (κ3) is 5.06. The average molecular weight is 441 g/mol. The van der Waals surface area contributed by atoms with Gasteiger partial charge in [-0.2, -0.15) is 5.10 Å². The number of hydrogen-bond donors (Lipinski definition) is 2. The van der Waals surface area contributed by atoms with E-state index in [9.17, 15) is 9.59 Å². The quantitative estimate of drug-likeness (QED) is 0.569. The molecule has 0 aliphatic carbocycles. The number of carbonyl (C=O) groups excluding carboxylic acids is 2. The molecule has 1 aromatic heterocycles. The van der Waals surface area contributed by atoms with Crippen LogP contribution in [0.5, 0.6) is 5.75 Å². The maximum atomic E-state index is 12.6. The van der Waals surface area contributed by atoms with Crippen molar-refractivity contribution in [2.75, 3.05) is 17.7 Å². The Bertz CT molecular complexity index is 1140. The molecule has 0 fully saturated rings. The Morgan fingerprint density at radius 2 is 1.81 bits per heavy atom. The Hall–Kier alpha value is -3.32. The van der Waals surface area contributed by atoms with Crippen LogP contribution in [-0.4, -0.2) is 28.7 Å². The normalized spacial score (nSPS) is 11.7. The second kappa shape index (κ2) is 9.22. The zero-order valence-electron chi connectivity index (χ0n) is 18.1. The largest absolute Gasteiger partial charge is 0.496 e. The van der Waals surface area contributed by atoms with E-state index in [2.05, 4.69) is 15.7 Å². The Kier molecular flexibility index (Phi) is 6.65. The molecule has 162 valence electrons. The van der Waals surface area contributed by atoms with E-state index in [1.54, 1.807) is 49.0 Å². The number of aryl methyl sites for hydroxylation is 3. The van der Waals surface area contributed by atoms with E-state index in [4.69, 9.17) is 16.3 Å². The minimum Gasteiger partial charge on any atom is -0.496 e. The molecule has 2 amide bonds. The van der Waals surface area contributed by atoms with Crippen molar-refractivity contribution < 1.29 is 14.3 Å². The second-order valence-corrected chi connectivity index (χ2v) is 7.78. The zero-order valence-corrected chi connectivity index (χ0v) is 18.9. The summed E-state index contributed by atoms with van der Waals surface area (Å²) in [5.41, 5.74) is 4.12. The van der Waals surface area contributed by atoms with Gasteiger partial charge < -0.3 is 15.4 Å². The lowest BCUT2D eigenvalue weighted by molar-refractivity contribution is -0.119. The first-order valence-corrected chi connectivity index (χ1v) is 10.2. The number of nitrogens with one attached hydrogen (secondary N) is 2. The molecule has 0 aliphatic heterocycles. The molecule has 0 spiro atoms. The molecule has 0 saturated heterocycles. The van der Waals surface area contributed by atoms with Gasteiger partial charge in [-0.05, 0) is 69.7 Å². The molecule has 8 heteroatoms. The van der Waals surface area contributed by atoms with Crippen molar-refractivity contribution in [3.8, 4) is 5.75 Å². The number of anilines is 2. The maximum Gasteiger partial charge on any atom is 0.255 e. The summed E-state index contributed by atoms with van der Waals surface area (Å²) >= 11 is 6.35. The van der Waals surface area contributed by atoms with Crippen LogP contribution < -0.4 is 15.4 Å². The van der Waals surface area contributed by atoms with Crippen LogP contribution in [0.2, 0.25) is 5.02 Å². The van der Waals surface area contributed by atoms with Crippen LogP contribution in [0.3, 0.4) is 0 Å². The lowest BCUT2D eigenvalue weighted by atomic mass is 10.1. The van der Waals surface area contributed by atoms with Gasteiger partial charge in [-0.15, -0.1) is 0 Å². The fourth-order valence-electron chi connectivity index (χ4n) is 3.25. The molecule has 0 radical (unpaired) electrons. The molecule has 0 saturated carbocycles. The third-order valence-electron chi connectivity index (χ3n) is 4.95. The predicted octanol–water partition coefficient (Wildman–Crippen LogP) is 4.92. The van der Waals surface area contributed by atoms with E-state index in [0.717, 1.165) is 17.0 Å². The van der Waals surface area contributed by atoms with Crippen molar-refractivity contribution >= 4 is 34.8 Å². The first-order chi connectivity index (χ1) is 14.7. The zero-order chi connectivity index (χ0) is 22.7. The number of amides is 2. The van der Waals surface area contributed by atoms with Gasteiger partial charge in [-0.25, -0.2) is 0 Å². The molecule has 0 aliphatic rings. The van der Waals surface area contributed by atoms with Crippen LogP contribution in [0.4, 0.5) is 11.4 Å². The second-order valence-electron chi connectivity index (χ2n) is 7.37. The van der Waals surface area contributed by atoms with Gasteiger partial charge in [0, 0.05) is 16.9 Å². The molecule has 2 N–H and O–H groups in total. The van der Waals surface area contributed by atoms with Gasteiger partial charge in [0.05, 0.1) is 23.5 Å². The van der Waals surface area contributed by atoms with Crippen LogP contribution in [0.1, 0.15) is 40.3 Å². The number of aromatic nitrogens is 2. The first kappa shape index (κ1) is 22.4. The third-order valence-corrected chi connectivity index (χ3v) is 5.26. The van der Waals surface area contributed by atoms with Crippen molar-refractivity contribution in [1.29, 1.82) is 0 Å². The van der Waals surface area contributed by atoms with Gasteiger partial charge in [0.15, 0.2) is 0 Å². The molecule has 1 unspecified atom stereocenters. The molecule has 3 rings (SSSR count). The highest BCUT2D eigenvalue weighted by Crippen LogP contribution is 2.27. The van der Waals surface area contributed by atoms with E-state index in [1.807, 2.05) is 32.9 Å². The van der Waals surface area contributed by atoms with Gasteiger partial charge in [0.25, 0.3) is 5.91 Å². The molecule has 3 aromatic rings. The van der Waals surface area contributed by atoms with E-state index in [1.165, 1.54) is 0 Å². The van der Waals surface area contributed by atoms with Gasteiger partial charge in [0.2, 0.25) is 5.91 Å². The van der Waals surface area contributed by atoms with Gasteiger partial charge in [-0.1, -0.05) is 17.7 Å². The molecule has 2 aromatic carbocycles. The summed E-state index contributed by atoms with van der Waals surface area (Å²) in [4.78, 5) is 25.2. The highest BCUT2D eigenvalue weighted by atomic mass is 35.5. The summed E-state index contributed by atoms with van der Waals surface area (Å²) in [7, 11) is 1.56. The minimum absolute atomic E-state index is 0.239. The summed E-state index contributed by atoms with van der Waals surface area (Å²) in [6.45, 7) is 7.46. The van der Waals surface area contributed by atoms with Gasteiger partial charge in [0.1, 0.15) is 11.8 Å². The smallest absolute Gasteiger partial charge is 0.255 e. The van der Waals surface area contributed by atoms with Gasteiger partial charge in [-0.3, -0.25) is 14.3 Å². The van der Waals surface area contributed by atoms with Crippen molar-refractivity contribution in [2.45, 2.75) is 33.7 Å². The summed E-state index contributed by atoms with van der Waals surface area (Å²) in [5, 5.41) is 10.3. The lowest BCUT2D eigenvalue weighted by Gasteiger charge is -2.16. The first-order valence-electron chi connectivity index (χ1n) is 9.78. The van der Waals surface area contributed by atoms with Crippen molar-refractivity contribution in [1.82, 2.24) is 9.78 Å². The number of ether oxygens (including phenoxy) is 1. The van der Waals surface area contributed by atoms with Crippen molar-refractivity contribution in [3.05, 3.63) is 70.0 Å². The SMILES string of the molecule is COc1cc(C(=O)Nc2ccc(NC(=O)C(C)n3nc(C)cc3C)c(Cl)c2)ccc1C. The van der Waals surface area contributed by atoms with Crippen LogP contribution >= 0.6 is 11.6 Å². The fourth-order valence-corrected chi connectivity index (χ4v) is 3.47. The van der Waals surface area contributed by atoms with E-state index in [0.29, 0.717) is 27.7 Å². The molecular weight excluding hydrogens is 416 g/mol. The summed E-state index contributed by atoms with van der Waals surface area (Å²) in [5.74, 6) is 0.112. The van der Waals surface area contributed by atoms with E-state index in [-0.39, 0.29) is 11.8 Å². The van der Waals surface area contributed by atoms with Crippen molar-refractivity contribution in [3.63, 3.8) is 0 Å². The van der Waals surface area contributed by atoms with Crippen molar-refractivity contribution in [2.24, 2.45) is 0 Å². The fraction of sp³-hybridized carbons (Fsp3) is 0.261. The summed E-state index contributed by atoms with van der Waals surface area (Å²) in [6, 6.07) is 11.6. The minimum atomic E-state index is -0.499. The van der Waals surface area contributed by atoms with E-state index < -0.39 is 6.04 Å². The molecule has 0 bridgehead atoms. The highest BCUT2D eigenvalue weighted by molar-refractivity contribution is 6.34. The topological polar surface area (TPSA) is 85.3 Å². The van der Waals surface area contributed by atoms with Crippen LogP contribution in [0.25, 0.3) is 0 Å². The van der Waals surface area contributed by atoms with Gasteiger partial charge >= 0.3 is 0 Å². The number of benzene rings is 2. The average Bonchev–Trinajstić information content (AvgIpc) is 3.07. The Morgan fingerprint density at radius 3 is 2.42 bits per heavy atom. The molecule has 31 heavy (non-hydrogen) atoms. The number of hydrogen-bond acceptors (Lipinski definition) is 4. The number of nitrogens with zero attached hydrogens (tertiary/aromatic N) is 2. The standard InChI is InChI=1S/C23H25ClN4O3/c1-13-6-7-17(11-21(13)31-5)23(30)25-18-8-9-20(19(24)12-18)26-22(29)16(4)28-15(3)10-14(2)27-28/h6-12,16H,1-5H3,(H,25,30)(H,26,29). The number of halogens is 1. The summed E-state index contributed by atoms with van der Waals surface area (Å²) in [6.07, 6.45) is 0. The lowest BCUT2D eigenvalue weighted by Crippen LogP contribution is -2.25. The Labute approximate surface area is 186 Å². The Morgan fingerprint density at radius 1 is 1.06 bits per heavy atom. The molecule has 7 nitrogen and oxygen atoms in total. The Balaban J connectivity index is 1.70. The van der Waals surface area contributed by atoms with Crippen LogP contribution in [-0.2, 0) is 4.79 Å². The number of methoxy groups -OCH3 is 1. The molecule has 1 heterocycles.